The third-order valence-corrected chi connectivity index (χ3v) is 5.10. The SMILES string of the molecule is Cc1nn(-c2ccccc2)c2c1CN1C(=N2)Nc2ccccc2C1C. The molecule has 3 aromatic rings. The van der Waals surface area contributed by atoms with Crippen molar-refractivity contribution in [1.82, 2.24) is 14.7 Å². The van der Waals surface area contributed by atoms with Crippen LogP contribution in [-0.4, -0.2) is 20.6 Å². The molecule has 0 aliphatic carbocycles. The molecule has 5 nitrogen and oxygen atoms in total. The molecule has 1 aromatic heterocycles. The van der Waals surface area contributed by atoms with Gasteiger partial charge in [0.1, 0.15) is 0 Å². The molecular formula is C20H19N5. The van der Waals surface area contributed by atoms with Crippen LogP contribution in [-0.2, 0) is 6.54 Å². The van der Waals surface area contributed by atoms with Crippen LogP contribution in [0, 0.1) is 6.92 Å². The second-order valence-corrected chi connectivity index (χ2v) is 6.59. The third kappa shape index (κ3) is 2.09. The predicted molar refractivity (Wildman–Crippen MR) is 99.4 cm³/mol. The van der Waals surface area contributed by atoms with Gasteiger partial charge in [0, 0.05) is 11.3 Å². The Morgan fingerprint density at radius 1 is 1.04 bits per heavy atom. The Kier molecular flexibility index (Phi) is 2.98. The number of fused-ring (bicyclic) bond motifs is 3. The Hall–Kier alpha value is -3.08. The fourth-order valence-corrected chi connectivity index (χ4v) is 3.69. The van der Waals surface area contributed by atoms with Gasteiger partial charge in [0.2, 0.25) is 5.96 Å². The van der Waals surface area contributed by atoms with Gasteiger partial charge in [-0.3, -0.25) is 0 Å². The molecule has 1 N–H and O–H groups in total. The number of benzene rings is 2. The first kappa shape index (κ1) is 14.3. The lowest BCUT2D eigenvalue weighted by molar-refractivity contribution is 0.318. The van der Waals surface area contributed by atoms with Gasteiger partial charge in [-0.2, -0.15) is 10.1 Å². The number of aryl methyl sites for hydroxylation is 1. The molecule has 5 rings (SSSR count). The van der Waals surface area contributed by atoms with E-state index in [-0.39, 0.29) is 6.04 Å². The summed E-state index contributed by atoms with van der Waals surface area (Å²) >= 11 is 0. The Morgan fingerprint density at radius 3 is 2.64 bits per heavy atom. The maximum absolute atomic E-state index is 4.95. The first-order chi connectivity index (χ1) is 12.2. The summed E-state index contributed by atoms with van der Waals surface area (Å²) in [6.07, 6.45) is 0. The van der Waals surface area contributed by atoms with Gasteiger partial charge >= 0.3 is 0 Å². The molecule has 0 radical (unpaired) electrons. The third-order valence-electron chi connectivity index (χ3n) is 5.10. The lowest BCUT2D eigenvalue weighted by atomic mass is 10.0. The molecule has 5 heteroatoms. The zero-order chi connectivity index (χ0) is 17.0. The van der Waals surface area contributed by atoms with Crippen LogP contribution in [0.1, 0.15) is 29.8 Å². The number of aromatic nitrogens is 2. The van der Waals surface area contributed by atoms with Crippen LogP contribution in [0.25, 0.3) is 5.69 Å². The minimum Gasteiger partial charge on any atom is -0.331 e. The van der Waals surface area contributed by atoms with Crippen LogP contribution >= 0.6 is 0 Å². The molecule has 1 unspecified atom stereocenters. The lowest BCUT2D eigenvalue weighted by Crippen LogP contribution is -2.43. The van der Waals surface area contributed by atoms with Crippen molar-refractivity contribution in [2.75, 3.05) is 5.32 Å². The van der Waals surface area contributed by atoms with Crippen LogP contribution in [0.5, 0.6) is 0 Å². The van der Waals surface area contributed by atoms with Crippen LogP contribution in [0.15, 0.2) is 59.6 Å². The first-order valence-electron chi connectivity index (χ1n) is 8.57. The highest BCUT2D eigenvalue weighted by molar-refractivity contribution is 5.99. The van der Waals surface area contributed by atoms with E-state index in [0.29, 0.717) is 0 Å². The number of nitrogens with one attached hydrogen (secondary N) is 1. The fourth-order valence-electron chi connectivity index (χ4n) is 3.69. The van der Waals surface area contributed by atoms with Crippen molar-refractivity contribution in [2.45, 2.75) is 26.4 Å². The molecule has 0 saturated carbocycles. The highest BCUT2D eigenvalue weighted by Crippen LogP contribution is 2.39. The molecule has 0 fully saturated rings. The number of anilines is 1. The topological polar surface area (TPSA) is 45.5 Å². The monoisotopic (exact) mass is 329 g/mol. The normalized spacial score (nSPS) is 17.9. The molecule has 0 spiro atoms. The average Bonchev–Trinajstić information content (AvgIpc) is 2.97. The highest BCUT2D eigenvalue weighted by atomic mass is 15.4. The van der Waals surface area contributed by atoms with E-state index < -0.39 is 0 Å². The van der Waals surface area contributed by atoms with E-state index in [1.54, 1.807) is 0 Å². The smallest absolute Gasteiger partial charge is 0.206 e. The van der Waals surface area contributed by atoms with E-state index in [2.05, 4.69) is 60.5 Å². The van der Waals surface area contributed by atoms with Crippen LogP contribution < -0.4 is 5.32 Å². The second kappa shape index (κ2) is 5.21. The molecule has 0 amide bonds. The summed E-state index contributed by atoms with van der Waals surface area (Å²) in [5.74, 6) is 1.82. The van der Waals surface area contributed by atoms with Gasteiger partial charge < -0.3 is 10.2 Å². The number of guanidine groups is 1. The molecular weight excluding hydrogens is 310 g/mol. The Balaban J connectivity index is 1.65. The molecule has 25 heavy (non-hydrogen) atoms. The number of nitrogens with zero attached hydrogens (tertiary/aromatic N) is 4. The Morgan fingerprint density at radius 2 is 1.80 bits per heavy atom. The van der Waals surface area contributed by atoms with Crippen LogP contribution in [0.4, 0.5) is 11.5 Å². The van der Waals surface area contributed by atoms with Crippen LogP contribution in [0.3, 0.4) is 0 Å². The summed E-state index contributed by atoms with van der Waals surface area (Å²) in [6, 6.07) is 18.9. The average molecular weight is 329 g/mol. The second-order valence-electron chi connectivity index (χ2n) is 6.59. The van der Waals surface area contributed by atoms with Gasteiger partial charge in [0.05, 0.1) is 24.0 Å². The van der Waals surface area contributed by atoms with Crippen molar-refractivity contribution in [3.05, 3.63) is 71.4 Å². The van der Waals surface area contributed by atoms with Crippen molar-refractivity contribution in [2.24, 2.45) is 4.99 Å². The maximum Gasteiger partial charge on any atom is 0.206 e. The molecule has 1 atom stereocenters. The van der Waals surface area contributed by atoms with Gasteiger partial charge in [0.15, 0.2) is 5.82 Å². The molecule has 3 heterocycles. The van der Waals surface area contributed by atoms with Gasteiger partial charge in [-0.15, -0.1) is 0 Å². The first-order valence-corrected chi connectivity index (χ1v) is 8.57. The predicted octanol–water partition coefficient (Wildman–Crippen LogP) is 4.17. The van der Waals surface area contributed by atoms with Crippen molar-refractivity contribution in [3.63, 3.8) is 0 Å². The van der Waals surface area contributed by atoms with E-state index in [1.165, 1.54) is 11.1 Å². The Labute approximate surface area is 146 Å². The van der Waals surface area contributed by atoms with E-state index in [9.17, 15) is 0 Å². The minimum atomic E-state index is 0.281. The number of hydrogen-bond donors (Lipinski definition) is 1. The Bertz CT molecular complexity index is 987. The molecule has 2 aliphatic rings. The van der Waals surface area contributed by atoms with Gasteiger partial charge in [0.25, 0.3) is 0 Å². The van der Waals surface area contributed by atoms with E-state index >= 15 is 0 Å². The zero-order valence-electron chi connectivity index (χ0n) is 14.3. The fraction of sp³-hybridized carbons (Fsp3) is 0.200. The maximum atomic E-state index is 4.95. The number of aliphatic imine (C=N–C) groups is 1. The van der Waals surface area contributed by atoms with Gasteiger partial charge in [-0.05, 0) is 37.6 Å². The minimum absolute atomic E-state index is 0.281. The summed E-state index contributed by atoms with van der Waals surface area (Å²) in [5, 5.41) is 8.24. The molecule has 2 aromatic carbocycles. The number of para-hydroxylation sites is 2. The van der Waals surface area contributed by atoms with Crippen molar-refractivity contribution in [1.29, 1.82) is 0 Å². The van der Waals surface area contributed by atoms with E-state index in [4.69, 9.17) is 10.1 Å². The summed E-state index contributed by atoms with van der Waals surface area (Å²) in [7, 11) is 0. The van der Waals surface area contributed by atoms with Crippen molar-refractivity contribution < 1.29 is 0 Å². The number of rotatable bonds is 1. The molecule has 124 valence electrons. The van der Waals surface area contributed by atoms with Gasteiger partial charge in [-0.25, -0.2) is 4.68 Å². The van der Waals surface area contributed by atoms with Gasteiger partial charge in [-0.1, -0.05) is 36.4 Å². The quantitative estimate of drug-likeness (QED) is 0.729. The molecule has 2 aliphatic heterocycles. The number of hydrogen-bond acceptors (Lipinski definition) is 4. The lowest BCUT2D eigenvalue weighted by Gasteiger charge is -2.40. The zero-order valence-corrected chi connectivity index (χ0v) is 14.3. The highest BCUT2D eigenvalue weighted by Gasteiger charge is 2.33. The standard InChI is InChI=1S/C20H19N5/c1-13-17-12-24-14(2)16-10-6-7-11-18(16)21-20(24)22-19(17)25(23-13)15-8-4-3-5-9-15/h3-11,14H,12H2,1-2H3,(H,21,22). The summed E-state index contributed by atoms with van der Waals surface area (Å²) in [5.41, 5.74) is 5.70. The van der Waals surface area contributed by atoms with E-state index in [0.717, 1.165) is 35.4 Å². The summed E-state index contributed by atoms with van der Waals surface area (Å²) < 4.78 is 1.95. The van der Waals surface area contributed by atoms with E-state index in [1.807, 2.05) is 22.9 Å². The molecule has 0 saturated heterocycles. The largest absolute Gasteiger partial charge is 0.331 e. The summed E-state index contributed by atoms with van der Waals surface area (Å²) in [6.45, 7) is 5.11. The van der Waals surface area contributed by atoms with Crippen LogP contribution in [0.2, 0.25) is 0 Å². The molecule has 0 bridgehead atoms. The summed E-state index contributed by atoms with van der Waals surface area (Å²) in [4.78, 5) is 7.26. The van der Waals surface area contributed by atoms with Crippen molar-refractivity contribution >= 4 is 17.5 Å². The van der Waals surface area contributed by atoms with Crippen molar-refractivity contribution in [3.8, 4) is 5.69 Å².